The molecule has 1 nitrogen and oxygen atoms in total. The molecule has 0 saturated heterocycles. The lowest BCUT2D eigenvalue weighted by atomic mass is 10.0. The van der Waals surface area contributed by atoms with Crippen molar-refractivity contribution in [2.45, 2.75) is 116 Å². The summed E-state index contributed by atoms with van der Waals surface area (Å²) in [5.74, 6) is -2.43. The van der Waals surface area contributed by atoms with E-state index in [4.69, 9.17) is 5.73 Å². The molecule has 0 aliphatic carbocycles. The molecule has 128 valence electrons. The van der Waals surface area contributed by atoms with Crippen LogP contribution in [0, 0.1) is 0 Å². The number of nitrogens with two attached hydrogens (primary N) is 1. The van der Waals surface area contributed by atoms with Crippen LogP contribution in [0.15, 0.2) is 0 Å². The van der Waals surface area contributed by atoms with Gasteiger partial charge >= 0.3 is 0 Å². The van der Waals surface area contributed by atoms with Crippen LogP contribution in [0.4, 0.5) is 8.78 Å². The fourth-order valence-corrected chi connectivity index (χ4v) is 2.67. The lowest BCUT2D eigenvalue weighted by Gasteiger charge is -2.16. The van der Waals surface area contributed by atoms with E-state index in [2.05, 4.69) is 6.92 Å². The average molecular weight is 305 g/mol. The third-order valence-electron chi connectivity index (χ3n) is 4.10. The van der Waals surface area contributed by atoms with Gasteiger partial charge in [0.1, 0.15) is 0 Å². The molecule has 0 aromatic rings. The van der Waals surface area contributed by atoms with Gasteiger partial charge in [-0.2, -0.15) is 0 Å². The first kappa shape index (κ1) is 20.8. The summed E-state index contributed by atoms with van der Waals surface area (Å²) in [6.07, 6.45) is 12.6. The van der Waals surface area contributed by atoms with Gasteiger partial charge in [0.05, 0.1) is 0 Å². The monoisotopic (exact) mass is 305 g/mol. The van der Waals surface area contributed by atoms with Crippen LogP contribution >= 0.6 is 0 Å². The van der Waals surface area contributed by atoms with Crippen LogP contribution in [-0.4, -0.2) is 12.0 Å². The zero-order valence-corrected chi connectivity index (χ0v) is 14.3. The topological polar surface area (TPSA) is 26.0 Å². The minimum atomic E-state index is -2.43. The van der Waals surface area contributed by atoms with Gasteiger partial charge in [0.2, 0.25) is 5.92 Å². The molecule has 0 fully saturated rings. The van der Waals surface area contributed by atoms with Crippen molar-refractivity contribution in [1.29, 1.82) is 0 Å². The van der Waals surface area contributed by atoms with Gasteiger partial charge < -0.3 is 5.73 Å². The summed E-state index contributed by atoms with van der Waals surface area (Å²) in [4.78, 5) is 0. The van der Waals surface area contributed by atoms with E-state index >= 15 is 0 Å². The number of rotatable bonds is 15. The highest BCUT2D eigenvalue weighted by molar-refractivity contribution is 4.66. The zero-order chi connectivity index (χ0) is 16.0. The van der Waals surface area contributed by atoms with Crippen molar-refractivity contribution in [2.24, 2.45) is 5.73 Å². The van der Waals surface area contributed by atoms with E-state index in [1.165, 1.54) is 25.7 Å². The predicted molar refractivity (Wildman–Crippen MR) is 88.9 cm³/mol. The van der Waals surface area contributed by atoms with Crippen LogP contribution in [0.3, 0.4) is 0 Å². The first-order chi connectivity index (χ1) is 9.98. The first-order valence-electron chi connectivity index (χ1n) is 9.11. The molecule has 0 amide bonds. The van der Waals surface area contributed by atoms with E-state index in [0.717, 1.165) is 38.5 Å². The Labute approximate surface area is 131 Å². The molecule has 0 bridgehead atoms. The van der Waals surface area contributed by atoms with E-state index in [1.54, 1.807) is 0 Å². The second-order valence-electron chi connectivity index (χ2n) is 6.66. The Hall–Kier alpha value is -0.180. The summed E-state index contributed by atoms with van der Waals surface area (Å²) in [6.45, 7) is 4.18. The number of alkyl halides is 2. The molecule has 0 saturated carbocycles. The van der Waals surface area contributed by atoms with Crippen LogP contribution in [0.25, 0.3) is 0 Å². The SMILES string of the molecule is CCCCCCCC(F)(F)CCCCCCCCC(C)N. The van der Waals surface area contributed by atoms with Crippen molar-refractivity contribution >= 4 is 0 Å². The summed E-state index contributed by atoms with van der Waals surface area (Å²) in [6, 6.07) is 0.293. The summed E-state index contributed by atoms with van der Waals surface area (Å²) < 4.78 is 27.3. The molecule has 21 heavy (non-hydrogen) atoms. The first-order valence-corrected chi connectivity index (χ1v) is 9.11. The molecule has 0 aromatic heterocycles. The van der Waals surface area contributed by atoms with Crippen LogP contribution in [0.1, 0.15) is 104 Å². The van der Waals surface area contributed by atoms with Gasteiger partial charge in [-0.3, -0.25) is 0 Å². The lowest BCUT2D eigenvalue weighted by molar-refractivity contribution is -0.0206. The van der Waals surface area contributed by atoms with E-state index in [-0.39, 0.29) is 12.8 Å². The van der Waals surface area contributed by atoms with Gasteiger partial charge in [-0.1, -0.05) is 64.7 Å². The molecule has 0 aromatic carbocycles. The van der Waals surface area contributed by atoms with Gasteiger partial charge in [0.25, 0.3) is 0 Å². The number of halogens is 2. The summed E-state index contributed by atoms with van der Waals surface area (Å²) in [7, 11) is 0. The second kappa shape index (κ2) is 13.5. The Morgan fingerprint density at radius 1 is 0.762 bits per heavy atom. The minimum Gasteiger partial charge on any atom is -0.328 e. The third kappa shape index (κ3) is 16.0. The fourth-order valence-electron chi connectivity index (χ4n) is 2.67. The Bertz CT molecular complexity index is 217. The smallest absolute Gasteiger partial charge is 0.248 e. The minimum absolute atomic E-state index is 0.0839. The molecule has 0 aliphatic heterocycles. The summed E-state index contributed by atoms with van der Waals surface area (Å²) in [5, 5.41) is 0. The quantitative estimate of drug-likeness (QED) is 0.346. The summed E-state index contributed by atoms with van der Waals surface area (Å²) >= 11 is 0. The van der Waals surface area contributed by atoms with Crippen molar-refractivity contribution in [3.8, 4) is 0 Å². The van der Waals surface area contributed by atoms with Gasteiger partial charge in [0, 0.05) is 18.9 Å². The third-order valence-corrected chi connectivity index (χ3v) is 4.10. The molecule has 0 spiro atoms. The van der Waals surface area contributed by atoms with Crippen LogP contribution in [0.5, 0.6) is 0 Å². The molecule has 3 heteroatoms. The van der Waals surface area contributed by atoms with Crippen LogP contribution in [0.2, 0.25) is 0 Å². The Kier molecular flexibility index (Phi) is 13.4. The molecule has 0 radical (unpaired) electrons. The molecule has 0 aliphatic rings. The normalized spacial score (nSPS) is 13.6. The van der Waals surface area contributed by atoms with Crippen LogP contribution < -0.4 is 5.73 Å². The highest BCUT2D eigenvalue weighted by Crippen LogP contribution is 2.28. The largest absolute Gasteiger partial charge is 0.328 e. The fraction of sp³-hybridized carbons (Fsp3) is 1.00. The van der Waals surface area contributed by atoms with Crippen molar-refractivity contribution < 1.29 is 8.78 Å². The molecule has 1 unspecified atom stereocenters. The van der Waals surface area contributed by atoms with Gasteiger partial charge in [-0.15, -0.1) is 0 Å². The van der Waals surface area contributed by atoms with Crippen LogP contribution in [-0.2, 0) is 0 Å². The maximum absolute atomic E-state index is 13.6. The summed E-state index contributed by atoms with van der Waals surface area (Å²) in [5.41, 5.74) is 5.69. The highest BCUT2D eigenvalue weighted by Gasteiger charge is 2.26. The molecule has 1 atom stereocenters. The van der Waals surface area contributed by atoms with Gasteiger partial charge in [0.15, 0.2) is 0 Å². The van der Waals surface area contributed by atoms with E-state index < -0.39 is 5.92 Å². The van der Waals surface area contributed by atoms with Crippen molar-refractivity contribution in [3.63, 3.8) is 0 Å². The Morgan fingerprint density at radius 3 is 1.67 bits per heavy atom. The maximum Gasteiger partial charge on any atom is 0.248 e. The van der Waals surface area contributed by atoms with Crippen molar-refractivity contribution in [3.05, 3.63) is 0 Å². The number of hydrogen-bond acceptors (Lipinski definition) is 1. The van der Waals surface area contributed by atoms with Gasteiger partial charge in [-0.05, 0) is 26.2 Å². The van der Waals surface area contributed by atoms with E-state index in [9.17, 15) is 8.78 Å². The Balaban J connectivity index is 3.36. The Morgan fingerprint density at radius 2 is 1.19 bits per heavy atom. The second-order valence-corrected chi connectivity index (χ2v) is 6.66. The maximum atomic E-state index is 13.6. The van der Waals surface area contributed by atoms with E-state index in [0.29, 0.717) is 18.9 Å². The number of hydrogen-bond donors (Lipinski definition) is 1. The molecule has 0 heterocycles. The lowest BCUT2D eigenvalue weighted by Crippen LogP contribution is -2.15. The predicted octanol–water partition coefficient (Wildman–Crippen LogP) is 6.45. The van der Waals surface area contributed by atoms with Gasteiger partial charge in [-0.25, -0.2) is 8.78 Å². The average Bonchev–Trinajstić information content (AvgIpc) is 2.41. The highest BCUT2D eigenvalue weighted by atomic mass is 19.3. The van der Waals surface area contributed by atoms with E-state index in [1.807, 2.05) is 6.92 Å². The number of unbranched alkanes of at least 4 members (excludes halogenated alkanes) is 9. The van der Waals surface area contributed by atoms with Crippen molar-refractivity contribution in [2.75, 3.05) is 0 Å². The zero-order valence-electron chi connectivity index (χ0n) is 14.3. The van der Waals surface area contributed by atoms with Crippen molar-refractivity contribution in [1.82, 2.24) is 0 Å². The standard InChI is InChI=1S/C18H37F2N/c1-3-4-5-9-12-15-18(19,20)16-13-10-7-6-8-11-14-17(2)21/h17H,3-16,21H2,1-2H3. The molecular formula is C18H37F2N. The molecular weight excluding hydrogens is 268 g/mol. The molecule has 2 N–H and O–H groups in total. The molecule has 0 rings (SSSR count).